The Morgan fingerprint density at radius 3 is 2.70 bits per heavy atom. The molecule has 2 aromatic heterocycles. The second-order valence-corrected chi connectivity index (χ2v) is 8.13. The third-order valence-corrected chi connectivity index (χ3v) is 6.05. The number of nitrogens with one attached hydrogen (secondary N) is 1. The lowest BCUT2D eigenvalue weighted by molar-refractivity contribution is 0.0946. The van der Waals surface area contributed by atoms with Crippen LogP contribution < -0.4 is 10.1 Å². The number of piperidine rings is 1. The van der Waals surface area contributed by atoms with Crippen LogP contribution in [0.4, 0.5) is 0 Å². The summed E-state index contributed by atoms with van der Waals surface area (Å²) in [5.41, 5.74) is 1.29. The molecule has 1 saturated carbocycles. The van der Waals surface area contributed by atoms with E-state index in [4.69, 9.17) is 4.74 Å². The topological polar surface area (TPSA) is 69.0 Å². The molecule has 2 aromatic rings. The maximum absolute atomic E-state index is 12.8. The summed E-state index contributed by atoms with van der Waals surface area (Å²) in [5.74, 6) is 1.87. The minimum absolute atomic E-state index is 0.151. The van der Waals surface area contributed by atoms with Gasteiger partial charge in [-0.15, -0.1) is 0 Å². The van der Waals surface area contributed by atoms with Gasteiger partial charge in [-0.25, -0.2) is 4.68 Å². The molecule has 6 nitrogen and oxygen atoms in total. The Kier molecular flexibility index (Phi) is 5.72. The van der Waals surface area contributed by atoms with Gasteiger partial charge in [-0.05, 0) is 43.8 Å². The number of rotatable bonds is 6. The number of pyridine rings is 1. The number of nitrogens with zero attached hydrogens (tertiary/aromatic N) is 3. The number of ether oxygens (including phenoxy) is 1. The number of fused-ring (bicyclic) bond motifs is 1. The zero-order valence-corrected chi connectivity index (χ0v) is 16.2. The number of ketones is 1. The molecule has 0 radical (unpaired) electrons. The van der Waals surface area contributed by atoms with Gasteiger partial charge >= 0.3 is 0 Å². The van der Waals surface area contributed by atoms with E-state index in [1.807, 2.05) is 19.2 Å². The van der Waals surface area contributed by atoms with Gasteiger partial charge in [0.2, 0.25) is 5.88 Å². The minimum Gasteiger partial charge on any atom is -0.477 e. The van der Waals surface area contributed by atoms with Gasteiger partial charge in [-0.3, -0.25) is 4.79 Å². The lowest BCUT2D eigenvalue weighted by Gasteiger charge is -2.22. The lowest BCUT2D eigenvalue weighted by Crippen LogP contribution is -2.30. The molecule has 0 spiro atoms. The standard InChI is InChI=1S/C21H30N4O2/c1-25-21-17(20(24-25)18(26)13-15-5-3-2-4-6-15)7-8-19(23-21)27-14-16-9-11-22-12-10-16/h7-8,15-16,22H,2-6,9-14H2,1H3. The van der Waals surface area contributed by atoms with Crippen molar-refractivity contribution >= 4 is 16.8 Å². The average Bonchev–Trinajstić information content (AvgIpc) is 3.04. The Morgan fingerprint density at radius 2 is 1.93 bits per heavy atom. The molecular weight excluding hydrogens is 340 g/mol. The van der Waals surface area contributed by atoms with Crippen LogP contribution in [0.2, 0.25) is 0 Å². The molecule has 1 aliphatic heterocycles. The van der Waals surface area contributed by atoms with Gasteiger partial charge < -0.3 is 10.1 Å². The third-order valence-electron chi connectivity index (χ3n) is 6.05. The van der Waals surface area contributed by atoms with E-state index < -0.39 is 0 Å². The Balaban J connectivity index is 1.46. The van der Waals surface area contributed by atoms with Crippen molar-refractivity contribution in [2.24, 2.45) is 18.9 Å². The molecule has 2 fully saturated rings. The number of hydrogen-bond acceptors (Lipinski definition) is 5. The second kappa shape index (κ2) is 8.38. The number of carbonyl (C=O) groups excluding carboxylic acids is 1. The molecule has 146 valence electrons. The van der Waals surface area contributed by atoms with Crippen LogP contribution in [0.3, 0.4) is 0 Å². The lowest BCUT2D eigenvalue weighted by atomic mass is 9.85. The fraction of sp³-hybridized carbons (Fsp3) is 0.667. The number of aryl methyl sites for hydroxylation is 1. The summed E-state index contributed by atoms with van der Waals surface area (Å²) in [7, 11) is 1.85. The zero-order valence-electron chi connectivity index (χ0n) is 16.2. The van der Waals surface area contributed by atoms with Crippen LogP contribution in [0.5, 0.6) is 5.88 Å². The first-order valence-electron chi connectivity index (χ1n) is 10.4. The van der Waals surface area contributed by atoms with Crippen LogP contribution in [-0.4, -0.2) is 40.2 Å². The Bertz CT molecular complexity index is 789. The van der Waals surface area contributed by atoms with Crippen LogP contribution in [0, 0.1) is 11.8 Å². The summed E-state index contributed by atoms with van der Waals surface area (Å²) in [6, 6.07) is 3.82. The molecule has 0 bridgehead atoms. The van der Waals surface area contributed by atoms with E-state index in [-0.39, 0.29) is 5.78 Å². The highest BCUT2D eigenvalue weighted by Gasteiger charge is 2.23. The van der Waals surface area contributed by atoms with Crippen molar-refractivity contribution in [2.75, 3.05) is 19.7 Å². The summed E-state index contributed by atoms with van der Waals surface area (Å²) >= 11 is 0. The highest BCUT2D eigenvalue weighted by molar-refractivity contribution is 6.05. The predicted molar refractivity (Wildman–Crippen MR) is 105 cm³/mol. The first-order valence-corrected chi connectivity index (χ1v) is 10.4. The monoisotopic (exact) mass is 370 g/mol. The largest absolute Gasteiger partial charge is 0.477 e. The van der Waals surface area contributed by atoms with Gasteiger partial charge in [0.15, 0.2) is 11.4 Å². The maximum Gasteiger partial charge on any atom is 0.215 e. The Labute approximate surface area is 160 Å². The quantitative estimate of drug-likeness (QED) is 0.788. The van der Waals surface area contributed by atoms with Crippen molar-refractivity contribution in [3.8, 4) is 5.88 Å². The van der Waals surface area contributed by atoms with Crippen LogP contribution >= 0.6 is 0 Å². The van der Waals surface area contributed by atoms with Crippen LogP contribution in [0.1, 0.15) is 61.9 Å². The molecule has 6 heteroatoms. The Morgan fingerprint density at radius 1 is 1.15 bits per heavy atom. The third kappa shape index (κ3) is 4.32. The van der Waals surface area contributed by atoms with Crippen molar-refractivity contribution in [3.05, 3.63) is 17.8 Å². The molecule has 0 amide bonds. The zero-order chi connectivity index (χ0) is 18.6. The van der Waals surface area contributed by atoms with Crippen molar-refractivity contribution < 1.29 is 9.53 Å². The van der Waals surface area contributed by atoms with Crippen molar-refractivity contribution in [1.29, 1.82) is 0 Å². The normalized spacial score (nSPS) is 19.4. The smallest absolute Gasteiger partial charge is 0.215 e. The molecule has 1 saturated heterocycles. The summed E-state index contributed by atoms with van der Waals surface area (Å²) in [5, 5.41) is 8.70. The second-order valence-electron chi connectivity index (χ2n) is 8.13. The maximum atomic E-state index is 12.8. The molecule has 1 aliphatic carbocycles. The molecule has 27 heavy (non-hydrogen) atoms. The molecule has 2 aliphatic rings. The van der Waals surface area contributed by atoms with Crippen LogP contribution in [-0.2, 0) is 7.05 Å². The first-order chi connectivity index (χ1) is 13.2. The summed E-state index contributed by atoms with van der Waals surface area (Å²) in [4.78, 5) is 17.4. The number of hydrogen-bond donors (Lipinski definition) is 1. The van der Waals surface area contributed by atoms with E-state index in [0.29, 0.717) is 36.4 Å². The molecular formula is C21H30N4O2. The summed E-state index contributed by atoms with van der Waals surface area (Å²) in [6.45, 7) is 2.83. The molecule has 0 aromatic carbocycles. The predicted octanol–water partition coefficient (Wildman–Crippen LogP) is 3.50. The van der Waals surface area contributed by atoms with Gasteiger partial charge in [0.1, 0.15) is 5.69 Å². The van der Waals surface area contributed by atoms with Crippen LogP contribution in [0.15, 0.2) is 12.1 Å². The highest BCUT2D eigenvalue weighted by Crippen LogP contribution is 2.29. The van der Waals surface area contributed by atoms with E-state index in [2.05, 4.69) is 15.4 Å². The fourth-order valence-corrected chi connectivity index (χ4v) is 4.40. The van der Waals surface area contributed by atoms with E-state index in [9.17, 15) is 4.79 Å². The van der Waals surface area contributed by atoms with Crippen molar-refractivity contribution in [2.45, 2.75) is 51.4 Å². The molecule has 3 heterocycles. The Hall–Kier alpha value is -1.95. The van der Waals surface area contributed by atoms with Crippen molar-refractivity contribution in [3.63, 3.8) is 0 Å². The van der Waals surface area contributed by atoms with Gasteiger partial charge in [-0.1, -0.05) is 32.1 Å². The fourth-order valence-electron chi connectivity index (χ4n) is 4.40. The van der Waals surface area contributed by atoms with Gasteiger partial charge in [0.25, 0.3) is 0 Å². The highest BCUT2D eigenvalue weighted by atomic mass is 16.5. The van der Waals surface area contributed by atoms with E-state index in [1.165, 1.54) is 32.1 Å². The molecule has 0 atom stereocenters. The molecule has 4 rings (SSSR count). The average molecular weight is 370 g/mol. The van der Waals surface area contributed by atoms with Crippen LogP contribution in [0.25, 0.3) is 11.0 Å². The van der Waals surface area contributed by atoms with Gasteiger partial charge in [0.05, 0.1) is 12.0 Å². The summed E-state index contributed by atoms with van der Waals surface area (Å²) in [6.07, 6.45) is 9.05. The van der Waals surface area contributed by atoms with Gasteiger partial charge in [-0.2, -0.15) is 10.1 Å². The number of carbonyl (C=O) groups is 1. The molecule has 1 N–H and O–H groups in total. The first kappa shape index (κ1) is 18.4. The number of aromatic nitrogens is 3. The van der Waals surface area contributed by atoms with E-state index in [1.54, 1.807) is 4.68 Å². The SMILES string of the molecule is Cn1nc(C(=O)CC2CCCCC2)c2ccc(OCC3CCNCC3)nc21. The van der Waals surface area contributed by atoms with Gasteiger partial charge in [0, 0.05) is 19.5 Å². The molecule has 0 unspecified atom stereocenters. The van der Waals surface area contributed by atoms with E-state index in [0.717, 1.165) is 37.0 Å². The van der Waals surface area contributed by atoms with E-state index >= 15 is 0 Å². The minimum atomic E-state index is 0.151. The van der Waals surface area contributed by atoms with Crippen molar-refractivity contribution in [1.82, 2.24) is 20.1 Å². The number of Topliss-reactive ketones (excluding diaryl/α,β-unsaturated/α-hetero) is 1. The summed E-state index contributed by atoms with van der Waals surface area (Å²) < 4.78 is 7.64.